The fourth-order valence-electron chi connectivity index (χ4n) is 2.49. The Balaban J connectivity index is 1.81. The fourth-order valence-corrected chi connectivity index (χ4v) is 4.08. The van der Waals surface area contributed by atoms with E-state index in [0.717, 1.165) is 10.6 Å². The molecule has 26 heavy (non-hydrogen) atoms. The Morgan fingerprint density at radius 1 is 1.31 bits per heavy atom. The molecule has 0 bridgehead atoms. The van der Waals surface area contributed by atoms with E-state index >= 15 is 0 Å². The molecule has 1 aliphatic rings. The highest BCUT2D eigenvalue weighted by molar-refractivity contribution is 7.14. The average molecular weight is 388 g/mol. The number of nitrogens with zero attached hydrogens (tertiary/aromatic N) is 4. The van der Waals surface area contributed by atoms with Crippen molar-refractivity contribution in [2.24, 2.45) is 10.1 Å². The highest BCUT2D eigenvalue weighted by Gasteiger charge is 2.22. The fraction of sp³-hybridized carbons (Fsp3) is 0.125. The van der Waals surface area contributed by atoms with Crippen LogP contribution in [-0.2, 0) is 0 Å². The van der Waals surface area contributed by atoms with Crippen molar-refractivity contribution in [3.05, 3.63) is 55.5 Å². The van der Waals surface area contributed by atoms with Crippen LogP contribution in [0.2, 0.25) is 0 Å². The number of nitro benzene ring substituents is 1. The number of rotatable bonds is 4. The first-order chi connectivity index (χ1) is 12.7. The minimum Gasteiger partial charge on any atom is -0.454 e. The number of fused-ring (bicyclic) bond motifs is 1. The summed E-state index contributed by atoms with van der Waals surface area (Å²) in [5.41, 5.74) is 1.11. The quantitative estimate of drug-likeness (QED) is 0.389. The van der Waals surface area contributed by atoms with Crippen LogP contribution >= 0.6 is 22.7 Å². The molecule has 0 aliphatic carbocycles. The molecule has 2 aromatic heterocycles. The number of hydrogen-bond donors (Lipinski definition) is 0. The lowest BCUT2D eigenvalue weighted by Gasteiger charge is -2.02. The molecular formula is C16H12N4O4S2. The largest absolute Gasteiger partial charge is 0.454 e. The molecule has 1 aliphatic heterocycles. The van der Waals surface area contributed by atoms with E-state index in [4.69, 9.17) is 9.47 Å². The van der Waals surface area contributed by atoms with Gasteiger partial charge < -0.3 is 9.47 Å². The summed E-state index contributed by atoms with van der Waals surface area (Å²) >= 11 is 3.04. The maximum Gasteiger partial charge on any atom is 0.282 e. The maximum atomic E-state index is 11.4. The van der Waals surface area contributed by atoms with Crippen molar-refractivity contribution >= 4 is 34.6 Å². The van der Waals surface area contributed by atoms with Gasteiger partial charge in [0.25, 0.3) is 5.69 Å². The van der Waals surface area contributed by atoms with Crippen LogP contribution in [0.1, 0.15) is 5.56 Å². The first kappa shape index (κ1) is 16.5. The van der Waals surface area contributed by atoms with Crippen molar-refractivity contribution in [2.75, 3.05) is 13.8 Å². The second-order valence-electron chi connectivity index (χ2n) is 5.18. The second-order valence-corrected chi connectivity index (χ2v) is 6.97. The number of hydrogen-bond acceptors (Lipinski definition) is 8. The number of thiophene rings is 1. The zero-order valence-corrected chi connectivity index (χ0v) is 15.1. The SMILES string of the molecule is CN=c1scc(-c2cccs2)n1N=Cc1cc2c(cc1[N+](=O)[O-])OCO2. The summed E-state index contributed by atoms with van der Waals surface area (Å²) in [5, 5.41) is 19.8. The van der Waals surface area contributed by atoms with E-state index in [1.54, 1.807) is 29.1 Å². The molecular weight excluding hydrogens is 376 g/mol. The normalized spacial score (nSPS) is 13.7. The Kier molecular flexibility index (Phi) is 4.27. The lowest BCUT2D eigenvalue weighted by atomic mass is 10.1. The van der Waals surface area contributed by atoms with Gasteiger partial charge in [-0.15, -0.1) is 22.7 Å². The van der Waals surface area contributed by atoms with E-state index in [2.05, 4.69) is 10.1 Å². The molecule has 0 unspecified atom stereocenters. The minimum absolute atomic E-state index is 0.0494. The van der Waals surface area contributed by atoms with E-state index in [1.165, 1.54) is 23.6 Å². The summed E-state index contributed by atoms with van der Waals surface area (Å²) < 4.78 is 12.2. The molecule has 0 saturated carbocycles. The van der Waals surface area contributed by atoms with Gasteiger partial charge in [-0.2, -0.15) is 5.10 Å². The van der Waals surface area contributed by atoms with Crippen molar-refractivity contribution in [3.8, 4) is 22.1 Å². The lowest BCUT2D eigenvalue weighted by molar-refractivity contribution is -0.385. The molecule has 8 nitrogen and oxygen atoms in total. The van der Waals surface area contributed by atoms with Gasteiger partial charge in [-0.25, -0.2) is 4.68 Å². The molecule has 1 aromatic carbocycles. The standard InChI is InChI=1S/C16H12N4O4S2/c1-17-16-19(12(8-26-16)15-3-2-4-25-15)18-7-10-5-13-14(24-9-23-13)6-11(10)20(21)22/h2-8H,9H2,1H3. The van der Waals surface area contributed by atoms with Crippen LogP contribution in [0.15, 0.2) is 45.1 Å². The summed E-state index contributed by atoms with van der Waals surface area (Å²) in [4.78, 5) is 16.9. The predicted octanol–water partition coefficient (Wildman–Crippen LogP) is 3.33. The molecule has 0 fully saturated rings. The molecule has 0 saturated heterocycles. The average Bonchev–Trinajstić information content (AvgIpc) is 3.37. The summed E-state index contributed by atoms with van der Waals surface area (Å²) in [5.74, 6) is 0.826. The smallest absolute Gasteiger partial charge is 0.282 e. The van der Waals surface area contributed by atoms with E-state index in [1.807, 2.05) is 22.9 Å². The van der Waals surface area contributed by atoms with Crippen molar-refractivity contribution in [1.82, 2.24) is 4.68 Å². The van der Waals surface area contributed by atoms with Gasteiger partial charge in [-0.3, -0.25) is 15.1 Å². The maximum absolute atomic E-state index is 11.4. The Morgan fingerprint density at radius 2 is 2.12 bits per heavy atom. The third-order valence-corrected chi connectivity index (χ3v) is 5.48. The van der Waals surface area contributed by atoms with Gasteiger partial charge in [0.05, 0.1) is 33.3 Å². The van der Waals surface area contributed by atoms with Crippen LogP contribution < -0.4 is 14.3 Å². The molecule has 0 radical (unpaired) electrons. The molecule has 10 heteroatoms. The van der Waals surface area contributed by atoms with E-state index in [0.29, 0.717) is 21.9 Å². The number of aromatic nitrogens is 1. The van der Waals surface area contributed by atoms with Gasteiger partial charge in [0.1, 0.15) is 0 Å². The molecule has 0 amide bonds. The Bertz CT molecular complexity index is 1070. The zero-order valence-electron chi connectivity index (χ0n) is 13.5. The summed E-state index contributed by atoms with van der Waals surface area (Å²) in [6, 6.07) is 6.86. The van der Waals surface area contributed by atoms with E-state index in [-0.39, 0.29) is 12.5 Å². The summed E-state index contributed by atoms with van der Waals surface area (Å²) in [6.07, 6.45) is 1.44. The van der Waals surface area contributed by atoms with Crippen LogP contribution in [0.3, 0.4) is 0 Å². The van der Waals surface area contributed by atoms with E-state index in [9.17, 15) is 10.1 Å². The molecule has 3 heterocycles. The predicted molar refractivity (Wildman–Crippen MR) is 99.3 cm³/mol. The molecule has 0 N–H and O–H groups in total. The minimum atomic E-state index is -0.465. The second kappa shape index (κ2) is 6.73. The number of thiazole rings is 1. The summed E-state index contributed by atoms with van der Waals surface area (Å²) in [7, 11) is 1.68. The van der Waals surface area contributed by atoms with Gasteiger partial charge >= 0.3 is 0 Å². The monoisotopic (exact) mass is 388 g/mol. The van der Waals surface area contributed by atoms with Crippen LogP contribution in [0.4, 0.5) is 5.69 Å². The first-order valence-electron chi connectivity index (χ1n) is 7.47. The topological polar surface area (TPSA) is 91.2 Å². The highest BCUT2D eigenvalue weighted by atomic mass is 32.1. The molecule has 0 atom stereocenters. The number of nitro groups is 1. The molecule has 4 rings (SSSR count). The van der Waals surface area contributed by atoms with Gasteiger partial charge in [0, 0.05) is 12.4 Å². The van der Waals surface area contributed by atoms with Gasteiger partial charge in [-0.05, 0) is 17.5 Å². The Labute approximate surface area is 155 Å². The van der Waals surface area contributed by atoms with Crippen molar-refractivity contribution < 1.29 is 14.4 Å². The van der Waals surface area contributed by atoms with E-state index < -0.39 is 4.92 Å². The third kappa shape index (κ3) is 2.89. The van der Waals surface area contributed by atoms with Gasteiger partial charge in [0.2, 0.25) is 11.6 Å². The van der Waals surface area contributed by atoms with Crippen molar-refractivity contribution in [2.45, 2.75) is 0 Å². The Hall–Kier alpha value is -2.98. The highest BCUT2D eigenvalue weighted by Crippen LogP contribution is 2.37. The summed E-state index contributed by atoms with van der Waals surface area (Å²) in [6.45, 7) is 0.0494. The molecule has 132 valence electrons. The van der Waals surface area contributed by atoms with Crippen LogP contribution in [0.25, 0.3) is 10.6 Å². The number of benzene rings is 1. The lowest BCUT2D eigenvalue weighted by Crippen LogP contribution is -2.11. The molecule has 0 spiro atoms. The first-order valence-corrected chi connectivity index (χ1v) is 9.23. The van der Waals surface area contributed by atoms with Crippen LogP contribution in [0, 0.1) is 10.1 Å². The van der Waals surface area contributed by atoms with Crippen molar-refractivity contribution in [1.29, 1.82) is 0 Å². The van der Waals surface area contributed by atoms with Gasteiger partial charge in [0.15, 0.2) is 11.5 Å². The molecule has 3 aromatic rings. The van der Waals surface area contributed by atoms with Gasteiger partial charge in [-0.1, -0.05) is 6.07 Å². The zero-order chi connectivity index (χ0) is 18.1. The Morgan fingerprint density at radius 3 is 2.81 bits per heavy atom. The number of ether oxygens (including phenoxy) is 2. The van der Waals surface area contributed by atoms with Crippen molar-refractivity contribution in [3.63, 3.8) is 0 Å². The van der Waals surface area contributed by atoms with Crippen LogP contribution in [0.5, 0.6) is 11.5 Å². The van der Waals surface area contributed by atoms with Crippen LogP contribution in [-0.4, -0.2) is 29.7 Å². The third-order valence-electron chi connectivity index (χ3n) is 3.68.